The van der Waals surface area contributed by atoms with Crippen molar-refractivity contribution >= 4 is 12.1 Å². The summed E-state index contributed by atoms with van der Waals surface area (Å²) in [6.45, 7) is 2.55. The minimum atomic E-state index is -0.411. The molecular weight excluding hydrogens is 308 g/mol. The molecule has 0 aliphatic heterocycles. The third-order valence-electron chi connectivity index (χ3n) is 3.17. The monoisotopic (exact) mass is 324 g/mol. The van der Waals surface area contributed by atoms with Gasteiger partial charge in [0.25, 0.3) is 5.91 Å². The smallest absolute Gasteiger partial charge is 0.291 e. The van der Waals surface area contributed by atoms with E-state index in [1.54, 1.807) is 30.7 Å². The fraction of sp³-hybridized carbons (Fsp3) is 0.118. The van der Waals surface area contributed by atoms with E-state index in [0.29, 0.717) is 18.1 Å². The summed E-state index contributed by atoms with van der Waals surface area (Å²) >= 11 is 0. The molecule has 0 spiro atoms. The van der Waals surface area contributed by atoms with Crippen molar-refractivity contribution in [2.24, 2.45) is 5.10 Å². The zero-order chi connectivity index (χ0) is 16.8. The number of furan rings is 1. The van der Waals surface area contributed by atoms with Gasteiger partial charge < -0.3 is 9.15 Å². The quantitative estimate of drug-likeness (QED) is 0.538. The Labute approximate surface area is 138 Å². The Morgan fingerprint density at radius 1 is 1.38 bits per heavy atom. The molecule has 0 saturated heterocycles. The number of amides is 1. The summed E-state index contributed by atoms with van der Waals surface area (Å²) in [4.78, 5) is 12.0. The predicted octanol–water partition coefficient (Wildman–Crippen LogP) is 2.83. The maximum Gasteiger partial charge on any atom is 0.291 e. The molecule has 2 aromatic heterocycles. The van der Waals surface area contributed by atoms with Crippen molar-refractivity contribution < 1.29 is 13.9 Å². The highest BCUT2D eigenvalue weighted by Crippen LogP contribution is 2.17. The van der Waals surface area contributed by atoms with E-state index in [-0.39, 0.29) is 5.69 Å². The molecule has 2 heterocycles. The van der Waals surface area contributed by atoms with Gasteiger partial charge in [-0.25, -0.2) is 5.43 Å². The van der Waals surface area contributed by atoms with Gasteiger partial charge in [-0.05, 0) is 48.9 Å². The van der Waals surface area contributed by atoms with Crippen molar-refractivity contribution in [1.29, 1.82) is 0 Å². The molecule has 0 atom stereocenters. The van der Waals surface area contributed by atoms with Crippen LogP contribution in [0.3, 0.4) is 0 Å². The first-order valence-electron chi connectivity index (χ1n) is 7.42. The first kappa shape index (κ1) is 15.5. The lowest BCUT2D eigenvalue weighted by Crippen LogP contribution is -2.17. The molecule has 2 N–H and O–H groups in total. The van der Waals surface area contributed by atoms with Crippen molar-refractivity contribution in [3.63, 3.8) is 0 Å². The molecule has 0 radical (unpaired) electrons. The number of carbonyl (C=O) groups is 1. The maximum atomic E-state index is 12.0. The van der Waals surface area contributed by atoms with Crippen molar-refractivity contribution in [2.45, 2.75) is 6.92 Å². The van der Waals surface area contributed by atoms with Gasteiger partial charge in [0.05, 0.1) is 19.1 Å². The van der Waals surface area contributed by atoms with Crippen LogP contribution in [0.5, 0.6) is 5.75 Å². The standard InChI is InChI=1S/C17H16N4O3/c1-2-23-13-7-5-12(6-8-13)11-18-21-17(22)15-10-14(19-20-15)16-4-3-9-24-16/h3-11H,2H2,1H3,(H,19,20)(H,21,22)/b18-11+. The summed E-state index contributed by atoms with van der Waals surface area (Å²) in [6, 6.07) is 12.5. The van der Waals surface area contributed by atoms with Crippen LogP contribution in [0, 0.1) is 0 Å². The number of hydrogen-bond acceptors (Lipinski definition) is 5. The van der Waals surface area contributed by atoms with Crippen LogP contribution in [0.2, 0.25) is 0 Å². The normalized spacial score (nSPS) is 10.9. The van der Waals surface area contributed by atoms with Gasteiger partial charge >= 0.3 is 0 Å². The number of nitrogens with one attached hydrogen (secondary N) is 2. The van der Waals surface area contributed by atoms with Crippen molar-refractivity contribution in [3.05, 3.63) is 60.0 Å². The molecule has 1 amide bonds. The molecule has 7 heteroatoms. The topological polar surface area (TPSA) is 92.5 Å². The van der Waals surface area contributed by atoms with Crippen LogP contribution in [0.4, 0.5) is 0 Å². The Bertz CT molecular complexity index is 820. The average molecular weight is 324 g/mol. The van der Waals surface area contributed by atoms with Gasteiger partial charge in [0.15, 0.2) is 11.5 Å². The molecule has 0 unspecified atom stereocenters. The van der Waals surface area contributed by atoms with Crippen LogP contribution in [0.1, 0.15) is 23.0 Å². The zero-order valence-corrected chi connectivity index (χ0v) is 13.0. The van der Waals surface area contributed by atoms with E-state index in [0.717, 1.165) is 11.3 Å². The fourth-order valence-corrected chi connectivity index (χ4v) is 2.04. The highest BCUT2D eigenvalue weighted by molar-refractivity contribution is 5.93. The third-order valence-corrected chi connectivity index (χ3v) is 3.17. The first-order chi connectivity index (χ1) is 11.8. The van der Waals surface area contributed by atoms with Crippen LogP contribution in [-0.4, -0.2) is 28.9 Å². The van der Waals surface area contributed by atoms with Crippen molar-refractivity contribution in [1.82, 2.24) is 15.6 Å². The molecule has 122 valence electrons. The van der Waals surface area contributed by atoms with Gasteiger partial charge in [-0.1, -0.05) is 0 Å². The molecule has 0 aliphatic rings. The second-order valence-corrected chi connectivity index (χ2v) is 4.85. The van der Waals surface area contributed by atoms with E-state index >= 15 is 0 Å². The number of hydrazone groups is 1. The van der Waals surface area contributed by atoms with Gasteiger partial charge in [0, 0.05) is 6.07 Å². The van der Waals surface area contributed by atoms with Gasteiger partial charge in [0.2, 0.25) is 0 Å². The Balaban J connectivity index is 1.59. The molecular formula is C17H16N4O3. The first-order valence-corrected chi connectivity index (χ1v) is 7.42. The molecule has 24 heavy (non-hydrogen) atoms. The molecule has 0 aliphatic carbocycles. The van der Waals surface area contributed by atoms with Crippen LogP contribution in [0.25, 0.3) is 11.5 Å². The summed E-state index contributed by atoms with van der Waals surface area (Å²) in [7, 11) is 0. The zero-order valence-electron chi connectivity index (χ0n) is 13.0. The highest BCUT2D eigenvalue weighted by atomic mass is 16.5. The summed E-state index contributed by atoms with van der Waals surface area (Å²) in [6.07, 6.45) is 3.10. The second kappa shape index (κ2) is 7.28. The van der Waals surface area contributed by atoms with Crippen LogP contribution < -0.4 is 10.2 Å². The van der Waals surface area contributed by atoms with E-state index in [1.807, 2.05) is 31.2 Å². The third kappa shape index (κ3) is 3.70. The summed E-state index contributed by atoms with van der Waals surface area (Å²) in [5.41, 5.74) is 4.13. The number of hydrogen-bond donors (Lipinski definition) is 2. The van der Waals surface area contributed by atoms with Gasteiger partial charge in [-0.3, -0.25) is 9.89 Å². The van der Waals surface area contributed by atoms with Crippen LogP contribution >= 0.6 is 0 Å². The average Bonchev–Trinajstić information content (AvgIpc) is 3.28. The predicted molar refractivity (Wildman–Crippen MR) is 89.0 cm³/mol. The lowest BCUT2D eigenvalue weighted by atomic mass is 10.2. The van der Waals surface area contributed by atoms with E-state index in [9.17, 15) is 4.79 Å². The number of H-pyrrole nitrogens is 1. The lowest BCUT2D eigenvalue weighted by Gasteiger charge is -2.02. The number of aromatic amines is 1. The fourth-order valence-electron chi connectivity index (χ4n) is 2.04. The van der Waals surface area contributed by atoms with Crippen molar-refractivity contribution in [3.8, 4) is 17.2 Å². The highest BCUT2D eigenvalue weighted by Gasteiger charge is 2.11. The van der Waals surface area contributed by atoms with Crippen LogP contribution in [-0.2, 0) is 0 Å². The number of rotatable bonds is 6. The largest absolute Gasteiger partial charge is 0.494 e. The summed E-state index contributed by atoms with van der Waals surface area (Å²) in [5.74, 6) is 0.992. The number of aromatic nitrogens is 2. The Morgan fingerprint density at radius 3 is 2.92 bits per heavy atom. The minimum Gasteiger partial charge on any atom is -0.494 e. The number of ether oxygens (including phenoxy) is 1. The molecule has 0 saturated carbocycles. The molecule has 1 aromatic carbocycles. The van der Waals surface area contributed by atoms with E-state index in [2.05, 4.69) is 20.7 Å². The number of carbonyl (C=O) groups excluding carboxylic acids is 1. The molecule has 0 bridgehead atoms. The van der Waals surface area contributed by atoms with E-state index < -0.39 is 5.91 Å². The number of benzene rings is 1. The second-order valence-electron chi connectivity index (χ2n) is 4.85. The minimum absolute atomic E-state index is 0.227. The Morgan fingerprint density at radius 2 is 2.21 bits per heavy atom. The van der Waals surface area contributed by atoms with Gasteiger partial charge in [-0.15, -0.1) is 0 Å². The van der Waals surface area contributed by atoms with Gasteiger partial charge in [-0.2, -0.15) is 10.2 Å². The molecule has 7 nitrogen and oxygen atoms in total. The number of nitrogens with zero attached hydrogens (tertiary/aromatic N) is 2. The Hall–Kier alpha value is -3.35. The molecule has 0 fully saturated rings. The summed E-state index contributed by atoms with van der Waals surface area (Å²) in [5, 5.41) is 10.6. The van der Waals surface area contributed by atoms with Gasteiger partial charge in [0.1, 0.15) is 11.4 Å². The summed E-state index contributed by atoms with van der Waals surface area (Å²) < 4.78 is 10.6. The lowest BCUT2D eigenvalue weighted by molar-refractivity contribution is 0.0950. The SMILES string of the molecule is CCOc1ccc(/C=N/NC(=O)c2cc(-c3ccco3)[nH]n2)cc1. The Kier molecular flexibility index (Phi) is 4.71. The molecule has 3 rings (SSSR count). The maximum absolute atomic E-state index is 12.0. The van der Waals surface area contributed by atoms with Crippen LogP contribution in [0.15, 0.2) is 58.2 Å². The van der Waals surface area contributed by atoms with Crippen molar-refractivity contribution in [2.75, 3.05) is 6.61 Å². The van der Waals surface area contributed by atoms with E-state index in [4.69, 9.17) is 9.15 Å². The molecule has 3 aromatic rings. The van der Waals surface area contributed by atoms with E-state index in [1.165, 1.54) is 0 Å².